The maximum atomic E-state index is 2.66. The summed E-state index contributed by atoms with van der Waals surface area (Å²) in [4.78, 5) is 0. The first-order chi connectivity index (χ1) is 12.9. The Labute approximate surface area is 179 Å². The summed E-state index contributed by atoms with van der Waals surface area (Å²) in [6.07, 6.45) is 10.5. The van der Waals surface area contributed by atoms with Crippen molar-refractivity contribution in [3.63, 3.8) is 0 Å². The van der Waals surface area contributed by atoms with Gasteiger partial charge in [-0.25, -0.2) is 0 Å². The van der Waals surface area contributed by atoms with Gasteiger partial charge in [0.1, 0.15) is 0 Å². The van der Waals surface area contributed by atoms with E-state index in [1.807, 2.05) is 0 Å². The lowest BCUT2D eigenvalue weighted by molar-refractivity contribution is 0.782. The van der Waals surface area contributed by atoms with Crippen LogP contribution in [0.25, 0.3) is 0 Å². The molecule has 2 rings (SSSR count). The van der Waals surface area contributed by atoms with Gasteiger partial charge in [-0.2, -0.15) is 0 Å². The van der Waals surface area contributed by atoms with Crippen LogP contribution in [-0.2, 0) is 0 Å². The summed E-state index contributed by atoms with van der Waals surface area (Å²) in [5, 5.41) is 0. The average molecular weight is 417 g/mol. The van der Waals surface area contributed by atoms with Crippen LogP contribution in [0.4, 0.5) is 0 Å². The van der Waals surface area contributed by atoms with E-state index in [1.54, 1.807) is 11.1 Å². The van der Waals surface area contributed by atoms with Gasteiger partial charge in [-0.05, 0) is 55.5 Å². The number of rotatable bonds is 8. The lowest BCUT2D eigenvalue weighted by atomic mass is 10.2. The fraction of sp³-hybridized carbons (Fsp3) is 0.769. The molecular formula is C26H48Si2. The van der Waals surface area contributed by atoms with Gasteiger partial charge < -0.3 is 0 Å². The predicted octanol–water partition coefficient (Wildman–Crippen LogP) is 9.52. The lowest BCUT2D eigenvalue weighted by Gasteiger charge is -2.48. The maximum absolute atomic E-state index is 2.66. The second-order valence-corrected chi connectivity index (χ2v) is 23.7. The highest BCUT2D eigenvalue weighted by Gasteiger charge is 2.55. The number of allylic oxidation sites excluding steroid dienone is 6. The third-order valence-electron chi connectivity index (χ3n) is 9.02. The van der Waals surface area contributed by atoms with Crippen LogP contribution in [0.1, 0.15) is 83.1 Å². The minimum absolute atomic E-state index is 0.710. The van der Waals surface area contributed by atoms with Gasteiger partial charge >= 0.3 is 0 Å². The second kappa shape index (κ2) is 8.42. The Balaban J connectivity index is 2.62. The topological polar surface area (TPSA) is 0 Å². The summed E-state index contributed by atoms with van der Waals surface area (Å²) in [5.41, 5.74) is 9.73. The first kappa shape index (κ1) is 23.9. The van der Waals surface area contributed by atoms with E-state index in [9.17, 15) is 0 Å². The van der Waals surface area contributed by atoms with Crippen LogP contribution in [0.5, 0.6) is 0 Å². The second-order valence-electron chi connectivity index (χ2n) is 11.5. The van der Waals surface area contributed by atoms with Gasteiger partial charge in [-0.15, -0.1) is 0 Å². The Bertz CT molecular complexity index is 544. The first-order valence-electron chi connectivity index (χ1n) is 12.0. The molecule has 2 heteroatoms. The van der Waals surface area contributed by atoms with E-state index >= 15 is 0 Å². The molecule has 0 N–H and O–H groups in total. The molecule has 28 heavy (non-hydrogen) atoms. The van der Waals surface area contributed by atoms with Gasteiger partial charge in [0.15, 0.2) is 0 Å². The first-order valence-corrected chi connectivity index (χ1v) is 16.6. The molecule has 0 fully saturated rings. The minimum atomic E-state index is -1.53. The van der Waals surface area contributed by atoms with E-state index in [1.165, 1.54) is 0 Å². The molecule has 2 aliphatic carbocycles. The van der Waals surface area contributed by atoms with Crippen molar-refractivity contribution in [2.75, 3.05) is 0 Å². The summed E-state index contributed by atoms with van der Waals surface area (Å²) in [6, 6.07) is 0. The minimum Gasteiger partial charge on any atom is -0.0794 e. The highest BCUT2D eigenvalue weighted by Crippen LogP contribution is 2.61. The highest BCUT2D eigenvalue weighted by molar-refractivity contribution is 6.87. The molecule has 0 amide bonds. The van der Waals surface area contributed by atoms with E-state index < -0.39 is 16.1 Å². The number of hydrogen-bond acceptors (Lipinski definition) is 0. The summed E-state index contributed by atoms with van der Waals surface area (Å²) in [6.45, 7) is 30.2. The SMILES string of the molecule is CC(C)[Si](C(C)C)(C(C)C)C1C=CC2=C1C=CC2[Si](C(C)C)(C(C)C)C(C)C. The zero-order chi connectivity index (χ0) is 21.6. The van der Waals surface area contributed by atoms with Crippen LogP contribution >= 0.6 is 0 Å². The third-order valence-corrected chi connectivity index (χ3v) is 24.2. The summed E-state index contributed by atoms with van der Waals surface area (Å²) < 4.78 is 0. The molecule has 2 atom stereocenters. The van der Waals surface area contributed by atoms with Crippen molar-refractivity contribution in [3.8, 4) is 0 Å². The molecule has 0 aromatic rings. The van der Waals surface area contributed by atoms with Gasteiger partial charge in [0.05, 0.1) is 16.1 Å². The van der Waals surface area contributed by atoms with Gasteiger partial charge in [0.25, 0.3) is 0 Å². The van der Waals surface area contributed by atoms with Crippen molar-refractivity contribution in [1.29, 1.82) is 0 Å². The fourth-order valence-corrected chi connectivity index (χ4v) is 23.2. The monoisotopic (exact) mass is 416 g/mol. The van der Waals surface area contributed by atoms with Crippen LogP contribution in [0.2, 0.25) is 44.3 Å². The molecule has 0 bridgehead atoms. The molecule has 0 saturated heterocycles. The molecule has 0 aliphatic heterocycles. The molecule has 0 radical (unpaired) electrons. The fourth-order valence-electron chi connectivity index (χ4n) is 8.39. The molecule has 0 spiro atoms. The van der Waals surface area contributed by atoms with Gasteiger partial charge in [0, 0.05) is 0 Å². The van der Waals surface area contributed by atoms with E-state index in [4.69, 9.17) is 0 Å². The maximum Gasteiger partial charge on any atom is 0.0732 e. The average Bonchev–Trinajstić information content (AvgIpc) is 3.10. The predicted molar refractivity (Wildman–Crippen MR) is 135 cm³/mol. The molecule has 0 aromatic heterocycles. The van der Waals surface area contributed by atoms with Crippen LogP contribution < -0.4 is 0 Å². The Morgan fingerprint density at radius 3 is 0.857 bits per heavy atom. The van der Waals surface area contributed by atoms with E-state index in [-0.39, 0.29) is 0 Å². The molecule has 2 aliphatic rings. The highest BCUT2D eigenvalue weighted by atomic mass is 28.3. The Hall–Kier alpha value is -0.346. The van der Waals surface area contributed by atoms with E-state index in [0.717, 1.165) is 33.2 Å². The summed E-state index contributed by atoms with van der Waals surface area (Å²) >= 11 is 0. The van der Waals surface area contributed by atoms with Crippen molar-refractivity contribution in [2.45, 2.75) is 127 Å². The lowest BCUT2D eigenvalue weighted by Crippen LogP contribution is -2.49. The normalized spacial score (nSPS) is 23.1. The number of hydrogen-bond donors (Lipinski definition) is 0. The third kappa shape index (κ3) is 3.21. The van der Waals surface area contributed by atoms with Gasteiger partial charge in [-0.1, -0.05) is 107 Å². The largest absolute Gasteiger partial charge is 0.0794 e. The van der Waals surface area contributed by atoms with Crippen LogP contribution in [0.3, 0.4) is 0 Å². The van der Waals surface area contributed by atoms with Gasteiger partial charge in [0.2, 0.25) is 0 Å². The summed E-state index contributed by atoms with van der Waals surface area (Å²) in [7, 11) is -3.06. The Morgan fingerprint density at radius 2 is 0.679 bits per heavy atom. The van der Waals surface area contributed by atoms with Crippen molar-refractivity contribution >= 4 is 16.1 Å². The quantitative estimate of drug-likeness (QED) is 0.345. The van der Waals surface area contributed by atoms with Crippen molar-refractivity contribution < 1.29 is 0 Å². The molecule has 2 unspecified atom stereocenters. The van der Waals surface area contributed by atoms with E-state index in [0.29, 0.717) is 11.1 Å². The van der Waals surface area contributed by atoms with Gasteiger partial charge in [-0.3, -0.25) is 0 Å². The molecule has 0 aromatic carbocycles. The zero-order valence-corrected chi connectivity index (χ0v) is 22.9. The summed E-state index contributed by atoms with van der Waals surface area (Å²) in [5.74, 6) is 0. The Kier molecular flexibility index (Phi) is 7.19. The van der Waals surface area contributed by atoms with Crippen molar-refractivity contribution in [2.24, 2.45) is 0 Å². The van der Waals surface area contributed by atoms with Crippen LogP contribution in [0.15, 0.2) is 35.5 Å². The Morgan fingerprint density at radius 1 is 0.464 bits per heavy atom. The van der Waals surface area contributed by atoms with Crippen LogP contribution in [0, 0.1) is 0 Å². The zero-order valence-electron chi connectivity index (χ0n) is 20.9. The molecule has 0 saturated carbocycles. The molecule has 0 heterocycles. The molecule has 160 valence electrons. The van der Waals surface area contributed by atoms with Crippen molar-refractivity contribution in [3.05, 3.63) is 35.5 Å². The van der Waals surface area contributed by atoms with E-state index in [2.05, 4.69) is 107 Å². The smallest absolute Gasteiger partial charge is 0.0732 e. The molecule has 0 nitrogen and oxygen atoms in total. The molecular weight excluding hydrogens is 368 g/mol. The standard InChI is InChI=1S/C26H48Si2/c1-17(2)27(18(3)4,19(5)6)25-15-13-24-23(25)14-16-26(24)28(20(7)8,21(9)10)22(11)12/h13-22,25-26H,1-12H3. The van der Waals surface area contributed by atoms with Crippen LogP contribution in [-0.4, -0.2) is 16.1 Å². The van der Waals surface area contributed by atoms with Crippen molar-refractivity contribution in [1.82, 2.24) is 0 Å².